The van der Waals surface area contributed by atoms with Gasteiger partial charge < -0.3 is 15.5 Å². The predicted octanol–water partition coefficient (Wildman–Crippen LogP) is -1.57. The fraction of sp³-hybridized carbons (Fsp3) is 1.00. The van der Waals surface area contributed by atoms with Gasteiger partial charge in [-0.2, -0.15) is 0 Å². The second-order valence-corrected chi connectivity index (χ2v) is 2.54. The van der Waals surface area contributed by atoms with Crippen LogP contribution in [0.15, 0.2) is 0 Å². The van der Waals surface area contributed by atoms with E-state index in [1.807, 2.05) is 0 Å². The van der Waals surface area contributed by atoms with Crippen LogP contribution in [0.3, 0.4) is 0 Å². The van der Waals surface area contributed by atoms with Gasteiger partial charge in [0.2, 0.25) is 0 Å². The van der Waals surface area contributed by atoms with E-state index in [1.54, 1.807) is 0 Å². The molecule has 0 aliphatic heterocycles. The average Bonchev–Trinajstić information content (AvgIpc) is 1.35. The molecule has 0 aromatic carbocycles. The molecule has 7 heavy (non-hydrogen) atoms. The second kappa shape index (κ2) is 4.61. The van der Waals surface area contributed by atoms with Gasteiger partial charge in [-0.25, -0.2) is 0 Å². The van der Waals surface area contributed by atoms with Crippen molar-refractivity contribution in [3.8, 4) is 0 Å². The van der Waals surface area contributed by atoms with E-state index in [9.17, 15) is 4.57 Å². The molecule has 4 N–H and O–H groups in total. The Labute approximate surface area is 84.1 Å². The zero-order valence-electron chi connectivity index (χ0n) is 3.03. The van der Waals surface area contributed by atoms with Gasteiger partial charge in [0.15, 0.2) is 0 Å². The molecule has 0 spiro atoms. The molecule has 0 saturated carbocycles. The maximum absolute atomic E-state index is 9.57. The van der Waals surface area contributed by atoms with Gasteiger partial charge in [0.25, 0.3) is 0 Å². The molecule has 0 aliphatic carbocycles. The third-order valence-electron chi connectivity index (χ3n) is 0.238. The molecule has 0 saturated heterocycles. The van der Waals surface area contributed by atoms with E-state index >= 15 is 0 Å². The summed E-state index contributed by atoms with van der Waals surface area (Å²) in [7, 11) is -3.87. The van der Waals surface area contributed by atoms with Crippen LogP contribution in [-0.2, 0) is 4.57 Å². The molecule has 40 valence electrons. The summed E-state index contributed by atoms with van der Waals surface area (Å²) < 4.78 is 9.57. The van der Waals surface area contributed by atoms with E-state index in [1.165, 1.54) is 0 Å². The van der Waals surface area contributed by atoms with E-state index in [-0.39, 0.29) is 51.4 Å². The molecule has 0 aromatic heterocycles. The Morgan fingerprint density at radius 2 is 1.71 bits per heavy atom. The standard InChI is InChI=1S/CH6NO3P.K.H/c2-1-6(3,4)5;;/h1-2H2,(H2,3,4,5);;. The van der Waals surface area contributed by atoms with Crippen LogP contribution in [0.25, 0.3) is 0 Å². The van der Waals surface area contributed by atoms with Gasteiger partial charge >= 0.3 is 59.0 Å². The van der Waals surface area contributed by atoms with Crippen LogP contribution >= 0.6 is 7.60 Å². The Hall–Kier alpha value is 1.75. The van der Waals surface area contributed by atoms with Crippen molar-refractivity contribution in [3.63, 3.8) is 0 Å². The summed E-state index contributed by atoms with van der Waals surface area (Å²) in [4.78, 5) is 15.6. The molecule has 0 heterocycles. The Balaban J connectivity index is 0. The van der Waals surface area contributed by atoms with E-state index in [4.69, 9.17) is 9.79 Å². The fourth-order valence-corrected chi connectivity index (χ4v) is 0. The normalized spacial score (nSPS) is 10.1. The van der Waals surface area contributed by atoms with Gasteiger partial charge in [0.05, 0.1) is 6.29 Å². The molecule has 0 bridgehead atoms. The van der Waals surface area contributed by atoms with Crippen LogP contribution in [0.2, 0.25) is 0 Å². The molecular formula is CH7KNO3P. The number of hydrogen-bond acceptors (Lipinski definition) is 2. The van der Waals surface area contributed by atoms with Gasteiger partial charge in [-0.15, -0.1) is 0 Å². The first-order valence-corrected chi connectivity index (χ1v) is 3.10. The first-order valence-electron chi connectivity index (χ1n) is 1.31. The molecule has 0 aromatic rings. The maximum atomic E-state index is 9.57. The Kier molecular flexibility index (Phi) is 7.59. The van der Waals surface area contributed by atoms with E-state index in [2.05, 4.69) is 5.73 Å². The minimum absolute atomic E-state index is 0. The second-order valence-electron chi connectivity index (χ2n) is 0.847. The zero-order chi connectivity index (χ0) is 5.21. The Morgan fingerprint density at radius 3 is 1.71 bits per heavy atom. The Bertz CT molecular complexity index is 79.0. The van der Waals surface area contributed by atoms with Gasteiger partial charge in [-0.1, -0.05) is 0 Å². The quantitative estimate of drug-likeness (QED) is 0.312. The summed E-state index contributed by atoms with van der Waals surface area (Å²) in [6, 6.07) is 0. The van der Waals surface area contributed by atoms with Crippen molar-refractivity contribution >= 4 is 59.0 Å². The minimum atomic E-state index is -3.87. The van der Waals surface area contributed by atoms with Crippen LogP contribution in [0, 0.1) is 0 Å². The van der Waals surface area contributed by atoms with E-state index < -0.39 is 13.9 Å². The third kappa shape index (κ3) is 11.4. The van der Waals surface area contributed by atoms with Gasteiger partial charge in [0, 0.05) is 0 Å². The number of rotatable bonds is 1. The third-order valence-corrected chi connectivity index (χ3v) is 0.714. The summed E-state index contributed by atoms with van der Waals surface area (Å²) in [5.41, 5.74) is 4.54. The Morgan fingerprint density at radius 1 is 1.57 bits per heavy atom. The molecule has 6 heteroatoms. The van der Waals surface area contributed by atoms with Crippen molar-refractivity contribution in [2.75, 3.05) is 6.29 Å². The van der Waals surface area contributed by atoms with Crippen LogP contribution in [0.1, 0.15) is 0 Å². The fourth-order valence-electron chi connectivity index (χ4n) is 0. The topological polar surface area (TPSA) is 83.6 Å². The molecule has 0 atom stereocenters. The summed E-state index contributed by atoms with van der Waals surface area (Å²) >= 11 is 0. The van der Waals surface area contributed by atoms with Crippen LogP contribution in [0.4, 0.5) is 0 Å². The number of hydrogen-bond donors (Lipinski definition) is 3. The first-order chi connectivity index (χ1) is 2.56. The summed E-state index contributed by atoms with van der Waals surface area (Å²) in [6.45, 7) is 0. The SMILES string of the molecule is NCP(=O)(O)O.[KH]. The van der Waals surface area contributed by atoms with Crippen molar-refractivity contribution < 1.29 is 14.4 Å². The zero-order valence-corrected chi connectivity index (χ0v) is 3.93. The van der Waals surface area contributed by atoms with Crippen LogP contribution in [-0.4, -0.2) is 67.5 Å². The van der Waals surface area contributed by atoms with Crippen molar-refractivity contribution in [1.82, 2.24) is 0 Å². The molecule has 4 nitrogen and oxygen atoms in total. The van der Waals surface area contributed by atoms with E-state index in [0.29, 0.717) is 0 Å². The van der Waals surface area contributed by atoms with Gasteiger partial charge in [-0.05, 0) is 0 Å². The van der Waals surface area contributed by atoms with Crippen molar-refractivity contribution in [2.45, 2.75) is 0 Å². The van der Waals surface area contributed by atoms with Gasteiger partial charge in [0.1, 0.15) is 0 Å². The molecule has 0 rings (SSSR count). The summed E-state index contributed by atoms with van der Waals surface area (Å²) in [5.74, 6) is 0. The molecule has 0 unspecified atom stereocenters. The summed E-state index contributed by atoms with van der Waals surface area (Å²) in [5, 5.41) is 0. The molecule has 0 aliphatic rings. The first kappa shape index (κ1) is 11.5. The van der Waals surface area contributed by atoms with Crippen LogP contribution in [0.5, 0.6) is 0 Å². The van der Waals surface area contributed by atoms with Crippen molar-refractivity contribution in [2.24, 2.45) is 5.73 Å². The molecule has 0 fully saturated rings. The van der Waals surface area contributed by atoms with Gasteiger partial charge in [-0.3, -0.25) is 4.57 Å². The number of nitrogens with two attached hydrogens (primary N) is 1. The molecule has 0 amide bonds. The van der Waals surface area contributed by atoms with Crippen LogP contribution < -0.4 is 5.73 Å². The average molecular weight is 151 g/mol. The van der Waals surface area contributed by atoms with Crippen molar-refractivity contribution in [1.29, 1.82) is 0 Å². The molecular weight excluding hydrogens is 144 g/mol. The molecule has 0 radical (unpaired) electrons. The van der Waals surface area contributed by atoms with E-state index in [0.717, 1.165) is 0 Å². The van der Waals surface area contributed by atoms with Crippen molar-refractivity contribution in [3.05, 3.63) is 0 Å². The summed E-state index contributed by atoms with van der Waals surface area (Å²) in [6.07, 6.45) is -0.562. The monoisotopic (exact) mass is 151 g/mol. The predicted molar refractivity (Wildman–Crippen MR) is 28.2 cm³/mol.